The number of carbonyl (C=O) groups excluding carboxylic acids is 1. The fourth-order valence-electron chi connectivity index (χ4n) is 3.23. The number of carbonyl (C=O) groups is 1. The van der Waals surface area contributed by atoms with E-state index in [0.717, 1.165) is 13.1 Å². The first-order valence-corrected chi connectivity index (χ1v) is 7.58. The van der Waals surface area contributed by atoms with Crippen LogP contribution in [0.3, 0.4) is 0 Å². The van der Waals surface area contributed by atoms with E-state index >= 15 is 0 Å². The predicted molar refractivity (Wildman–Crippen MR) is 82.3 cm³/mol. The monoisotopic (exact) mass is 299 g/mol. The minimum atomic E-state index is 0.0636. The molecular formula is C17H21N3O2. The first kappa shape index (κ1) is 14.8. The zero-order chi connectivity index (χ0) is 15.7. The number of hydrogen-bond donors (Lipinski definition) is 0. The molecule has 0 radical (unpaired) electrons. The highest BCUT2D eigenvalue weighted by Gasteiger charge is 2.41. The lowest BCUT2D eigenvalue weighted by atomic mass is 9.78. The molecule has 1 fully saturated rings. The van der Waals surface area contributed by atoms with Crippen molar-refractivity contribution in [3.05, 3.63) is 47.3 Å². The van der Waals surface area contributed by atoms with Crippen LogP contribution in [0.4, 0.5) is 0 Å². The molecule has 3 rings (SSSR count). The Hall–Kier alpha value is -2.17. The van der Waals surface area contributed by atoms with Gasteiger partial charge in [-0.3, -0.25) is 4.79 Å². The van der Waals surface area contributed by atoms with Gasteiger partial charge in [-0.25, -0.2) is 4.63 Å². The van der Waals surface area contributed by atoms with Gasteiger partial charge in [0.25, 0.3) is 0 Å². The SMILES string of the molecule is Cc1nonc1CC(=O)N1C[C@@H](c2ccccc2)C(C)(C)C1. The molecule has 22 heavy (non-hydrogen) atoms. The number of amides is 1. The van der Waals surface area contributed by atoms with Gasteiger partial charge < -0.3 is 4.90 Å². The van der Waals surface area contributed by atoms with Gasteiger partial charge in [0, 0.05) is 19.0 Å². The minimum Gasteiger partial charge on any atom is -0.341 e. The lowest BCUT2D eigenvalue weighted by Gasteiger charge is -2.25. The summed E-state index contributed by atoms with van der Waals surface area (Å²) in [5, 5.41) is 7.54. The number of nitrogens with zero attached hydrogens (tertiary/aromatic N) is 3. The van der Waals surface area contributed by atoms with Gasteiger partial charge in [-0.05, 0) is 17.9 Å². The summed E-state index contributed by atoms with van der Waals surface area (Å²) in [6.45, 7) is 7.76. The van der Waals surface area contributed by atoms with E-state index in [2.05, 4.69) is 53.1 Å². The average molecular weight is 299 g/mol. The Morgan fingerprint density at radius 3 is 2.68 bits per heavy atom. The molecule has 0 aliphatic carbocycles. The molecule has 5 nitrogen and oxygen atoms in total. The highest BCUT2D eigenvalue weighted by atomic mass is 16.6. The van der Waals surface area contributed by atoms with E-state index in [-0.39, 0.29) is 17.7 Å². The van der Waals surface area contributed by atoms with Gasteiger partial charge in [-0.2, -0.15) is 0 Å². The Bertz CT molecular complexity index is 664. The van der Waals surface area contributed by atoms with Crippen molar-refractivity contribution in [2.45, 2.75) is 33.1 Å². The van der Waals surface area contributed by atoms with E-state index in [1.165, 1.54) is 5.56 Å². The minimum absolute atomic E-state index is 0.0636. The summed E-state index contributed by atoms with van der Waals surface area (Å²) >= 11 is 0. The van der Waals surface area contributed by atoms with Crippen molar-refractivity contribution < 1.29 is 9.42 Å². The smallest absolute Gasteiger partial charge is 0.228 e. The molecule has 0 saturated carbocycles. The highest BCUT2D eigenvalue weighted by Crippen LogP contribution is 2.42. The van der Waals surface area contributed by atoms with Crippen molar-refractivity contribution in [3.8, 4) is 0 Å². The molecule has 5 heteroatoms. The number of likely N-dealkylation sites (tertiary alicyclic amines) is 1. The first-order chi connectivity index (χ1) is 10.5. The molecule has 0 bridgehead atoms. The van der Waals surface area contributed by atoms with Gasteiger partial charge in [0.05, 0.1) is 6.42 Å². The van der Waals surface area contributed by atoms with Gasteiger partial charge in [0.15, 0.2) is 0 Å². The van der Waals surface area contributed by atoms with Crippen molar-refractivity contribution >= 4 is 5.91 Å². The Morgan fingerprint density at radius 1 is 1.32 bits per heavy atom. The van der Waals surface area contributed by atoms with Crippen molar-refractivity contribution in [1.29, 1.82) is 0 Å². The van der Waals surface area contributed by atoms with Crippen LogP contribution >= 0.6 is 0 Å². The van der Waals surface area contributed by atoms with Gasteiger partial charge in [-0.15, -0.1) is 0 Å². The van der Waals surface area contributed by atoms with E-state index in [9.17, 15) is 4.79 Å². The summed E-state index contributed by atoms with van der Waals surface area (Å²) in [6, 6.07) is 10.4. The quantitative estimate of drug-likeness (QED) is 0.874. The van der Waals surface area contributed by atoms with Crippen LogP contribution in [0.5, 0.6) is 0 Å². The second-order valence-corrected chi connectivity index (χ2v) is 6.70. The van der Waals surface area contributed by atoms with Crippen LogP contribution in [0.25, 0.3) is 0 Å². The third-order valence-electron chi connectivity index (χ3n) is 4.56. The Kier molecular flexibility index (Phi) is 3.72. The molecule has 0 N–H and O–H groups in total. The van der Waals surface area contributed by atoms with Crippen LogP contribution in [0, 0.1) is 12.3 Å². The van der Waals surface area contributed by atoms with E-state index < -0.39 is 0 Å². The average Bonchev–Trinajstić information content (AvgIpc) is 3.03. The van der Waals surface area contributed by atoms with E-state index in [1.54, 1.807) is 6.92 Å². The predicted octanol–water partition coefficient (Wildman–Crippen LogP) is 2.57. The summed E-state index contributed by atoms with van der Waals surface area (Å²) in [7, 11) is 0. The topological polar surface area (TPSA) is 59.2 Å². The van der Waals surface area contributed by atoms with Crippen molar-refractivity contribution in [2.24, 2.45) is 5.41 Å². The Labute approximate surface area is 130 Å². The number of benzene rings is 1. The number of hydrogen-bond acceptors (Lipinski definition) is 4. The van der Waals surface area contributed by atoms with Gasteiger partial charge in [0.2, 0.25) is 5.91 Å². The summed E-state index contributed by atoms with van der Waals surface area (Å²) in [6.07, 6.45) is 0.257. The molecule has 1 aliphatic rings. The maximum Gasteiger partial charge on any atom is 0.228 e. The summed E-state index contributed by atoms with van der Waals surface area (Å²) < 4.78 is 4.67. The maximum absolute atomic E-state index is 12.5. The van der Waals surface area contributed by atoms with E-state index in [1.807, 2.05) is 11.0 Å². The van der Waals surface area contributed by atoms with Gasteiger partial charge in [-0.1, -0.05) is 54.5 Å². The second-order valence-electron chi connectivity index (χ2n) is 6.70. The van der Waals surface area contributed by atoms with Crippen molar-refractivity contribution in [3.63, 3.8) is 0 Å². The second kappa shape index (κ2) is 5.55. The third kappa shape index (κ3) is 2.75. The largest absolute Gasteiger partial charge is 0.341 e. The number of rotatable bonds is 3. The zero-order valence-electron chi connectivity index (χ0n) is 13.2. The van der Waals surface area contributed by atoms with Gasteiger partial charge >= 0.3 is 0 Å². The molecule has 1 aromatic heterocycles. The lowest BCUT2D eigenvalue weighted by molar-refractivity contribution is -0.129. The Morgan fingerprint density at radius 2 is 2.05 bits per heavy atom. The van der Waals surface area contributed by atoms with Crippen LogP contribution in [0.2, 0.25) is 0 Å². The number of aryl methyl sites for hydroxylation is 1. The Balaban J connectivity index is 1.75. The molecule has 116 valence electrons. The zero-order valence-corrected chi connectivity index (χ0v) is 13.2. The molecule has 2 heterocycles. The van der Waals surface area contributed by atoms with Crippen molar-refractivity contribution in [1.82, 2.24) is 15.2 Å². The summed E-state index contributed by atoms with van der Waals surface area (Å²) in [4.78, 5) is 14.5. The summed E-state index contributed by atoms with van der Waals surface area (Å²) in [5.41, 5.74) is 2.67. The van der Waals surface area contributed by atoms with Gasteiger partial charge in [0.1, 0.15) is 11.4 Å². The van der Waals surface area contributed by atoms with Crippen LogP contribution < -0.4 is 0 Å². The molecule has 1 amide bonds. The molecule has 1 aromatic carbocycles. The van der Waals surface area contributed by atoms with E-state index in [0.29, 0.717) is 17.3 Å². The van der Waals surface area contributed by atoms with Crippen LogP contribution in [-0.4, -0.2) is 34.2 Å². The first-order valence-electron chi connectivity index (χ1n) is 7.58. The normalized spacial score (nSPS) is 20.3. The molecule has 0 unspecified atom stereocenters. The molecule has 1 atom stereocenters. The molecule has 2 aromatic rings. The lowest BCUT2D eigenvalue weighted by Crippen LogP contribution is -2.31. The highest BCUT2D eigenvalue weighted by molar-refractivity contribution is 5.79. The maximum atomic E-state index is 12.5. The molecular weight excluding hydrogens is 278 g/mol. The van der Waals surface area contributed by atoms with E-state index in [4.69, 9.17) is 0 Å². The van der Waals surface area contributed by atoms with Crippen molar-refractivity contribution in [2.75, 3.05) is 13.1 Å². The third-order valence-corrected chi connectivity index (χ3v) is 4.56. The standard InChI is InChI=1S/C17H21N3O2/c1-12-15(19-22-18-12)9-16(21)20-10-14(17(2,3)11-20)13-7-5-4-6-8-13/h4-8,14H,9-11H2,1-3H3/t14-/m0/s1. The van der Waals surface area contributed by atoms with Crippen LogP contribution in [-0.2, 0) is 11.2 Å². The van der Waals surface area contributed by atoms with Crippen LogP contribution in [0.1, 0.15) is 36.7 Å². The fraction of sp³-hybridized carbons (Fsp3) is 0.471. The molecule has 1 saturated heterocycles. The van der Waals surface area contributed by atoms with Crippen LogP contribution in [0.15, 0.2) is 35.0 Å². The summed E-state index contributed by atoms with van der Waals surface area (Å²) in [5.74, 6) is 0.444. The molecule has 0 spiro atoms. The fourth-order valence-corrected chi connectivity index (χ4v) is 3.23. The number of aromatic nitrogens is 2. The molecule has 1 aliphatic heterocycles.